The van der Waals surface area contributed by atoms with Gasteiger partial charge in [0.1, 0.15) is 0 Å². The van der Waals surface area contributed by atoms with Crippen LogP contribution in [0.4, 0.5) is 5.69 Å². The van der Waals surface area contributed by atoms with Crippen molar-refractivity contribution < 1.29 is 4.79 Å². The largest absolute Gasteiger partial charge is 0.378 e. The Hall–Kier alpha value is -2.09. The first-order chi connectivity index (χ1) is 9.08. The minimum absolute atomic E-state index is 0.166. The van der Waals surface area contributed by atoms with Crippen molar-refractivity contribution in [1.29, 1.82) is 0 Å². The summed E-state index contributed by atoms with van der Waals surface area (Å²) < 4.78 is 0. The van der Waals surface area contributed by atoms with E-state index in [9.17, 15) is 4.79 Å². The number of benzene rings is 2. The van der Waals surface area contributed by atoms with Crippen molar-refractivity contribution in [2.75, 3.05) is 19.0 Å². The van der Waals surface area contributed by atoms with Gasteiger partial charge in [0, 0.05) is 31.8 Å². The molecule has 2 nitrogen and oxygen atoms in total. The van der Waals surface area contributed by atoms with Crippen LogP contribution in [-0.4, -0.2) is 19.9 Å². The average molecular weight is 253 g/mol. The summed E-state index contributed by atoms with van der Waals surface area (Å²) >= 11 is 0. The first kappa shape index (κ1) is 13.3. The Morgan fingerprint density at radius 2 is 1.63 bits per heavy atom. The van der Waals surface area contributed by atoms with Gasteiger partial charge in [-0.3, -0.25) is 4.79 Å². The van der Waals surface area contributed by atoms with Crippen LogP contribution < -0.4 is 4.90 Å². The lowest BCUT2D eigenvalue weighted by Gasteiger charge is -2.12. The van der Waals surface area contributed by atoms with E-state index in [2.05, 4.69) is 0 Å². The van der Waals surface area contributed by atoms with Gasteiger partial charge in [0.05, 0.1) is 0 Å². The predicted octanol–water partition coefficient (Wildman–Crippen LogP) is 3.49. The highest BCUT2D eigenvalue weighted by Gasteiger charge is 2.08. The molecule has 0 amide bonds. The van der Waals surface area contributed by atoms with Gasteiger partial charge in [-0.25, -0.2) is 0 Å². The second-order valence-corrected chi connectivity index (χ2v) is 4.97. The van der Waals surface area contributed by atoms with Gasteiger partial charge < -0.3 is 4.90 Å². The van der Waals surface area contributed by atoms with Crippen molar-refractivity contribution in [2.45, 2.75) is 13.3 Å². The number of carbonyl (C=O) groups is 1. The summed E-state index contributed by atoms with van der Waals surface area (Å²) in [6, 6.07) is 15.8. The Morgan fingerprint density at radius 3 is 2.21 bits per heavy atom. The zero-order valence-corrected chi connectivity index (χ0v) is 11.7. The van der Waals surface area contributed by atoms with Gasteiger partial charge in [0.25, 0.3) is 0 Å². The number of ketones is 1. The van der Waals surface area contributed by atoms with E-state index >= 15 is 0 Å². The molecular formula is C17H19NO. The number of nitrogens with zero attached hydrogens (tertiary/aromatic N) is 1. The first-order valence-corrected chi connectivity index (χ1v) is 6.43. The molecule has 0 unspecified atom stereocenters. The number of rotatable bonds is 4. The number of hydrogen-bond acceptors (Lipinski definition) is 2. The third-order valence-corrected chi connectivity index (χ3v) is 3.32. The smallest absolute Gasteiger partial charge is 0.167 e. The van der Waals surface area contributed by atoms with E-state index in [1.165, 1.54) is 5.56 Å². The summed E-state index contributed by atoms with van der Waals surface area (Å²) in [6.45, 7) is 2.04. The summed E-state index contributed by atoms with van der Waals surface area (Å²) in [4.78, 5) is 14.3. The maximum absolute atomic E-state index is 12.2. The van der Waals surface area contributed by atoms with Crippen LogP contribution in [0.5, 0.6) is 0 Å². The van der Waals surface area contributed by atoms with Crippen LogP contribution in [-0.2, 0) is 6.42 Å². The molecule has 0 heterocycles. The molecule has 2 aromatic carbocycles. The van der Waals surface area contributed by atoms with Crippen LogP contribution in [0.3, 0.4) is 0 Å². The highest BCUT2D eigenvalue weighted by molar-refractivity contribution is 5.97. The van der Waals surface area contributed by atoms with Crippen LogP contribution >= 0.6 is 0 Å². The summed E-state index contributed by atoms with van der Waals surface area (Å²) in [5.41, 5.74) is 4.14. The monoisotopic (exact) mass is 253 g/mol. The number of anilines is 1. The zero-order valence-electron chi connectivity index (χ0n) is 11.7. The summed E-state index contributed by atoms with van der Waals surface area (Å²) in [5.74, 6) is 0.166. The van der Waals surface area contributed by atoms with Gasteiger partial charge in [-0.1, -0.05) is 24.3 Å². The Balaban J connectivity index is 2.14. The van der Waals surface area contributed by atoms with E-state index in [4.69, 9.17) is 0 Å². The molecule has 0 aromatic heterocycles. The molecule has 0 N–H and O–H groups in total. The number of carbonyl (C=O) groups excluding carboxylic acids is 1. The molecule has 0 fully saturated rings. The second-order valence-electron chi connectivity index (χ2n) is 4.97. The fourth-order valence-corrected chi connectivity index (χ4v) is 2.03. The molecule has 2 aromatic rings. The van der Waals surface area contributed by atoms with Crippen molar-refractivity contribution >= 4 is 11.5 Å². The third-order valence-electron chi connectivity index (χ3n) is 3.32. The van der Waals surface area contributed by atoms with Gasteiger partial charge in [-0.05, 0) is 42.3 Å². The molecular weight excluding hydrogens is 234 g/mol. The third kappa shape index (κ3) is 3.22. The maximum atomic E-state index is 12.2. The van der Waals surface area contributed by atoms with Crippen LogP contribution in [0.1, 0.15) is 21.5 Å². The van der Waals surface area contributed by atoms with E-state index in [0.717, 1.165) is 16.8 Å². The molecule has 0 bridgehead atoms. The van der Waals surface area contributed by atoms with E-state index < -0.39 is 0 Å². The van der Waals surface area contributed by atoms with E-state index in [-0.39, 0.29) is 5.78 Å². The Morgan fingerprint density at radius 1 is 1.00 bits per heavy atom. The molecule has 0 aliphatic carbocycles. The number of Topliss-reactive ketones (excluding diaryl/α,β-unsaturated/α-hetero) is 1. The van der Waals surface area contributed by atoms with Gasteiger partial charge in [0.2, 0.25) is 0 Å². The minimum Gasteiger partial charge on any atom is -0.378 e. The maximum Gasteiger partial charge on any atom is 0.167 e. The lowest BCUT2D eigenvalue weighted by Crippen LogP contribution is -2.09. The molecule has 98 valence electrons. The molecule has 0 spiro atoms. The second kappa shape index (κ2) is 5.70. The topological polar surface area (TPSA) is 20.3 Å². The molecule has 0 aliphatic heterocycles. The molecule has 0 radical (unpaired) electrons. The fraction of sp³-hybridized carbons (Fsp3) is 0.235. The first-order valence-electron chi connectivity index (χ1n) is 6.43. The predicted molar refractivity (Wildman–Crippen MR) is 80.0 cm³/mol. The van der Waals surface area contributed by atoms with Crippen molar-refractivity contribution in [2.24, 2.45) is 0 Å². The quantitative estimate of drug-likeness (QED) is 0.777. The molecule has 19 heavy (non-hydrogen) atoms. The van der Waals surface area contributed by atoms with E-state index in [1.54, 1.807) is 0 Å². The van der Waals surface area contributed by atoms with Crippen LogP contribution in [0.2, 0.25) is 0 Å². The standard InChI is InChI=1S/C17H19NO/c1-13-6-4-5-7-15(13)12-17(19)14-8-10-16(11-9-14)18(2)3/h4-11H,12H2,1-3H3. The highest BCUT2D eigenvalue weighted by Crippen LogP contribution is 2.15. The zero-order chi connectivity index (χ0) is 13.8. The summed E-state index contributed by atoms with van der Waals surface area (Å²) in [5, 5.41) is 0. The summed E-state index contributed by atoms with van der Waals surface area (Å²) in [6.07, 6.45) is 0.466. The lowest BCUT2D eigenvalue weighted by molar-refractivity contribution is 0.0993. The Kier molecular flexibility index (Phi) is 4.00. The van der Waals surface area contributed by atoms with Crippen molar-refractivity contribution in [3.63, 3.8) is 0 Å². The van der Waals surface area contributed by atoms with E-state index in [1.807, 2.05) is 74.4 Å². The van der Waals surface area contributed by atoms with Crippen LogP contribution in [0.25, 0.3) is 0 Å². The SMILES string of the molecule is Cc1ccccc1CC(=O)c1ccc(N(C)C)cc1. The van der Waals surface area contributed by atoms with Crippen LogP contribution in [0.15, 0.2) is 48.5 Å². The van der Waals surface area contributed by atoms with Crippen molar-refractivity contribution in [3.8, 4) is 0 Å². The Labute approximate surface area is 114 Å². The Bertz CT molecular complexity index is 570. The van der Waals surface area contributed by atoms with Gasteiger partial charge in [-0.15, -0.1) is 0 Å². The normalized spacial score (nSPS) is 10.3. The van der Waals surface area contributed by atoms with Crippen molar-refractivity contribution in [1.82, 2.24) is 0 Å². The summed E-state index contributed by atoms with van der Waals surface area (Å²) in [7, 11) is 3.98. The van der Waals surface area contributed by atoms with E-state index in [0.29, 0.717) is 6.42 Å². The minimum atomic E-state index is 0.166. The molecule has 0 saturated heterocycles. The van der Waals surface area contributed by atoms with Gasteiger partial charge >= 0.3 is 0 Å². The van der Waals surface area contributed by atoms with Crippen molar-refractivity contribution in [3.05, 3.63) is 65.2 Å². The average Bonchev–Trinajstić information content (AvgIpc) is 2.41. The highest BCUT2D eigenvalue weighted by atomic mass is 16.1. The van der Waals surface area contributed by atoms with Gasteiger partial charge in [0.15, 0.2) is 5.78 Å². The molecule has 0 aliphatic rings. The molecule has 2 rings (SSSR count). The molecule has 0 saturated carbocycles. The van der Waals surface area contributed by atoms with Gasteiger partial charge in [-0.2, -0.15) is 0 Å². The number of aryl methyl sites for hydroxylation is 1. The number of hydrogen-bond donors (Lipinski definition) is 0. The molecule has 0 atom stereocenters. The molecule has 2 heteroatoms. The lowest BCUT2D eigenvalue weighted by atomic mass is 9.99. The van der Waals surface area contributed by atoms with Crippen LogP contribution in [0, 0.1) is 6.92 Å². The fourth-order valence-electron chi connectivity index (χ4n) is 2.03.